The Labute approximate surface area is 136 Å². The standard InChI is InChI=1S/C21H18NO/c1-17-10-8-9-15-20(17)21(22-16-23,18-11-4-2-5-12-18)19-13-6-3-7-14-19/h2-15H,1H3,(H,22,23). The largest absolute Gasteiger partial charge is 0.330 e. The third kappa shape index (κ3) is 2.64. The minimum absolute atomic E-state index is 0.754. The molecular formula is C21H18NO. The number of rotatable bonds is 5. The lowest BCUT2D eigenvalue weighted by Gasteiger charge is -2.36. The number of nitrogens with one attached hydrogen (secondary N) is 1. The average molecular weight is 300 g/mol. The molecule has 0 aliphatic heterocycles. The Kier molecular flexibility index (Phi) is 4.24. The van der Waals surface area contributed by atoms with Crippen molar-refractivity contribution < 1.29 is 4.79 Å². The number of hydrogen-bond donors (Lipinski definition) is 1. The Balaban J connectivity index is 2.36. The molecule has 0 fully saturated rings. The topological polar surface area (TPSA) is 29.1 Å². The van der Waals surface area contributed by atoms with Gasteiger partial charge in [0.15, 0.2) is 0 Å². The van der Waals surface area contributed by atoms with Gasteiger partial charge in [0.05, 0.1) is 0 Å². The van der Waals surface area contributed by atoms with Crippen molar-refractivity contribution >= 4 is 6.41 Å². The van der Waals surface area contributed by atoms with Crippen molar-refractivity contribution in [2.45, 2.75) is 12.5 Å². The van der Waals surface area contributed by atoms with Crippen LogP contribution in [0.15, 0.2) is 84.9 Å². The molecule has 1 N–H and O–H groups in total. The van der Waals surface area contributed by atoms with Gasteiger partial charge in [-0.2, -0.15) is 0 Å². The predicted molar refractivity (Wildman–Crippen MR) is 92.8 cm³/mol. The van der Waals surface area contributed by atoms with Gasteiger partial charge in [-0.25, -0.2) is 0 Å². The van der Waals surface area contributed by atoms with Crippen LogP contribution in [-0.4, -0.2) is 6.41 Å². The van der Waals surface area contributed by atoms with Crippen LogP contribution in [0.25, 0.3) is 0 Å². The summed E-state index contributed by atoms with van der Waals surface area (Å²) in [4.78, 5) is 11.4. The van der Waals surface area contributed by atoms with Crippen LogP contribution in [0.4, 0.5) is 0 Å². The van der Waals surface area contributed by atoms with Crippen LogP contribution in [0.5, 0.6) is 0 Å². The van der Waals surface area contributed by atoms with Crippen LogP contribution >= 0.6 is 0 Å². The van der Waals surface area contributed by atoms with Gasteiger partial charge in [0.25, 0.3) is 0 Å². The van der Waals surface area contributed by atoms with E-state index < -0.39 is 5.54 Å². The summed E-state index contributed by atoms with van der Waals surface area (Å²) in [5, 5.41) is 2.98. The normalized spacial score (nSPS) is 11.0. The van der Waals surface area contributed by atoms with Crippen LogP contribution < -0.4 is 5.32 Å². The van der Waals surface area contributed by atoms with Gasteiger partial charge in [-0.3, -0.25) is 4.79 Å². The molecule has 2 heteroatoms. The first-order valence-corrected chi connectivity index (χ1v) is 7.60. The van der Waals surface area contributed by atoms with E-state index in [1.807, 2.05) is 79.2 Å². The zero-order valence-electron chi connectivity index (χ0n) is 13.0. The number of aryl methyl sites for hydroxylation is 1. The van der Waals surface area contributed by atoms with Gasteiger partial charge in [-0.05, 0) is 29.2 Å². The molecule has 2 nitrogen and oxygen atoms in total. The quantitative estimate of drug-likeness (QED) is 0.561. The maximum atomic E-state index is 11.4. The van der Waals surface area contributed by atoms with Crippen LogP contribution in [-0.2, 0) is 10.3 Å². The van der Waals surface area contributed by atoms with E-state index in [2.05, 4.69) is 24.4 Å². The monoisotopic (exact) mass is 300 g/mol. The maximum Gasteiger partial charge on any atom is 0.310 e. The molecule has 1 radical (unpaired) electrons. The fraction of sp³-hybridized carbons (Fsp3) is 0.0952. The molecule has 0 saturated carbocycles. The first kappa shape index (κ1) is 15.0. The van der Waals surface area contributed by atoms with Gasteiger partial charge >= 0.3 is 6.41 Å². The summed E-state index contributed by atoms with van der Waals surface area (Å²) in [5.41, 5.74) is 3.41. The average Bonchev–Trinajstić information content (AvgIpc) is 2.62. The molecule has 3 rings (SSSR count). The molecule has 0 aliphatic rings. The summed E-state index contributed by atoms with van der Waals surface area (Å²) < 4.78 is 0. The molecule has 0 saturated heterocycles. The molecule has 0 heterocycles. The van der Waals surface area contributed by atoms with Gasteiger partial charge in [-0.15, -0.1) is 0 Å². The Morgan fingerprint density at radius 1 is 0.739 bits per heavy atom. The number of amides is 1. The minimum atomic E-state index is -0.754. The molecular weight excluding hydrogens is 282 g/mol. The fourth-order valence-corrected chi connectivity index (χ4v) is 3.14. The van der Waals surface area contributed by atoms with Crippen molar-refractivity contribution in [2.24, 2.45) is 0 Å². The van der Waals surface area contributed by atoms with E-state index in [1.165, 1.54) is 0 Å². The second kappa shape index (κ2) is 6.49. The molecule has 1 amide bonds. The van der Waals surface area contributed by atoms with E-state index in [4.69, 9.17) is 0 Å². The van der Waals surface area contributed by atoms with Crippen LogP contribution in [0.1, 0.15) is 22.3 Å². The Morgan fingerprint density at radius 3 is 1.70 bits per heavy atom. The van der Waals surface area contributed by atoms with Crippen LogP contribution in [0.3, 0.4) is 0 Å². The number of benzene rings is 3. The first-order valence-electron chi connectivity index (χ1n) is 7.60. The summed E-state index contributed by atoms with van der Waals surface area (Å²) in [5.74, 6) is 0. The third-order valence-corrected chi connectivity index (χ3v) is 4.20. The molecule has 113 valence electrons. The van der Waals surface area contributed by atoms with Crippen molar-refractivity contribution in [3.05, 3.63) is 107 Å². The number of hydrogen-bond acceptors (Lipinski definition) is 1. The Bertz CT molecular complexity index is 742. The van der Waals surface area contributed by atoms with E-state index in [-0.39, 0.29) is 0 Å². The van der Waals surface area contributed by atoms with Crippen LogP contribution in [0.2, 0.25) is 0 Å². The predicted octanol–water partition coefficient (Wildman–Crippen LogP) is 3.94. The smallest absolute Gasteiger partial charge is 0.310 e. The van der Waals surface area contributed by atoms with Crippen molar-refractivity contribution in [1.29, 1.82) is 0 Å². The first-order chi connectivity index (χ1) is 11.3. The van der Waals surface area contributed by atoms with E-state index >= 15 is 0 Å². The summed E-state index contributed by atoms with van der Waals surface area (Å²) >= 11 is 0. The van der Waals surface area contributed by atoms with E-state index in [0.717, 1.165) is 22.3 Å². The molecule has 0 atom stereocenters. The molecule has 23 heavy (non-hydrogen) atoms. The molecule has 3 aromatic carbocycles. The van der Waals surface area contributed by atoms with Crippen molar-refractivity contribution in [1.82, 2.24) is 5.32 Å². The summed E-state index contributed by atoms with van der Waals surface area (Å²) in [6.45, 7) is 2.06. The molecule has 0 aliphatic carbocycles. The van der Waals surface area contributed by atoms with Gasteiger partial charge in [-0.1, -0.05) is 84.9 Å². The molecule has 0 aromatic heterocycles. The van der Waals surface area contributed by atoms with Crippen molar-refractivity contribution in [2.75, 3.05) is 0 Å². The highest BCUT2D eigenvalue weighted by atomic mass is 16.1. The van der Waals surface area contributed by atoms with Gasteiger partial charge in [0.1, 0.15) is 5.54 Å². The highest BCUT2D eigenvalue weighted by Crippen LogP contribution is 2.37. The summed E-state index contributed by atoms with van der Waals surface area (Å²) in [6, 6.07) is 28.1. The molecule has 3 aromatic rings. The van der Waals surface area contributed by atoms with Crippen molar-refractivity contribution in [3.63, 3.8) is 0 Å². The zero-order chi connectivity index (χ0) is 16.1. The van der Waals surface area contributed by atoms with Gasteiger partial charge in [0, 0.05) is 0 Å². The highest BCUT2D eigenvalue weighted by Gasteiger charge is 2.37. The second-order valence-electron chi connectivity index (χ2n) is 5.52. The lowest BCUT2D eigenvalue weighted by Crippen LogP contribution is -2.44. The zero-order valence-corrected chi connectivity index (χ0v) is 13.0. The third-order valence-electron chi connectivity index (χ3n) is 4.20. The lowest BCUT2D eigenvalue weighted by molar-refractivity contribution is 0.497. The van der Waals surface area contributed by atoms with Gasteiger partial charge < -0.3 is 5.32 Å². The van der Waals surface area contributed by atoms with E-state index in [9.17, 15) is 4.79 Å². The van der Waals surface area contributed by atoms with Gasteiger partial charge in [0.2, 0.25) is 0 Å². The summed E-state index contributed by atoms with van der Waals surface area (Å²) in [6.07, 6.45) is 1.93. The Morgan fingerprint density at radius 2 is 1.22 bits per heavy atom. The Hall–Kier alpha value is -2.87. The molecule has 0 bridgehead atoms. The minimum Gasteiger partial charge on any atom is -0.330 e. The highest BCUT2D eigenvalue weighted by molar-refractivity contribution is 5.60. The molecule has 0 spiro atoms. The number of carbonyl (C=O) groups excluding carboxylic acids is 1. The van der Waals surface area contributed by atoms with E-state index in [1.54, 1.807) is 0 Å². The van der Waals surface area contributed by atoms with Crippen molar-refractivity contribution in [3.8, 4) is 0 Å². The molecule has 0 unspecified atom stereocenters. The second-order valence-corrected chi connectivity index (χ2v) is 5.52. The van der Waals surface area contributed by atoms with E-state index in [0.29, 0.717) is 0 Å². The SMILES string of the molecule is Cc1ccccc1C(N[C]=O)(c1ccccc1)c1ccccc1. The lowest BCUT2D eigenvalue weighted by atomic mass is 9.75. The summed E-state index contributed by atoms with van der Waals surface area (Å²) in [7, 11) is 0. The fourth-order valence-electron chi connectivity index (χ4n) is 3.14. The maximum absolute atomic E-state index is 11.4. The van der Waals surface area contributed by atoms with Crippen LogP contribution in [0, 0.1) is 6.92 Å².